The maximum atomic E-state index is 12.7. The Bertz CT molecular complexity index is 1030. The minimum absolute atomic E-state index is 0.0587. The van der Waals surface area contributed by atoms with E-state index in [9.17, 15) is 19.7 Å². The molecule has 0 saturated carbocycles. The number of ketones is 1. The van der Waals surface area contributed by atoms with Crippen molar-refractivity contribution in [1.82, 2.24) is 9.97 Å². The van der Waals surface area contributed by atoms with Gasteiger partial charge in [-0.25, -0.2) is 9.78 Å². The van der Waals surface area contributed by atoms with E-state index in [0.717, 1.165) is 0 Å². The molecule has 3 aromatic rings. The van der Waals surface area contributed by atoms with Crippen LogP contribution in [0.1, 0.15) is 33.5 Å². The summed E-state index contributed by atoms with van der Waals surface area (Å²) in [6.07, 6.45) is 1.27. The van der Waals surface area contributed by atoms with Gasteiger partial charge in [0.1, 0.15) is 11.4 Å². The number of aromatic nitrogens is 2. The van der Waals surface area contributed by atoms with Crippen molar-refractivity contribution in [2.75, 3.05) is 6.61 Å². The molecule has 0 fully saturated rings. The van der Waals surface area contributed by atoms with Crippen LogP contribution < -0.4 is 0 Å². The highest BCUT2D eigenvalue weighted by Gasteiger charge is 2.21. The Morgan fingerprint density at radius 1 is 1.07 bits per heavy atom. The van der Waals surface area contributed by atoms with Gasteiger partial charge in [0, 0.05) is 23.3 Å². The van der Waals surface area contributed by atoms with E-state index in [-0.39, 0.29) is 29.2 Å². The predicted molar refractivity (Wildman–Crippen MR) is 100.0 cm³/mol. The molecule has 0 unspecified atom stereocenters. The molecule has 1 aromatic heterocycles. The molecule has 8 nitrogen and oxygen atoms in total. The van der Waals surface area contributed by atoms with Gasteiger partial charge in [0.2, 0.25) is 5.78 Å². The number of nitro groups is 1. The largest absolute Gasteiger partial charge is 0.461 e. The lowest BCUT2D eigenvalue weighted by molar-refractivity contribution is -0.384. The highest BCUT2D eigenvalue weighted by Crippen LogP contribution is 2.22. The van der Waals surface area contributed by atoms with E-state index >= 15 is 0 Å². The van der Waals surface area contributed by atoms with E-state index in [0.29, 0.717) is 11.3 Å². The van der Waals surface area contributed by atoms with E-state index in [1.807, 2.05) is 6.07 Å². The summed E-state index contributed by atoms with van der Waals surface area (Å²) < 4.78 is 5.04. The van der Waals surface area contributed by atoms with Gasteiger partial charge in [0.25, 0.3) is 5.69 Å². The van der Waals surface area contributed by atoms with Crippen LogP contribution >= 0.6 is 0 Å². The molecule has 0 radical (unpaired) electrons. The molecular formula is C20H15N3O5. The third-order valence-corrected chi connectivity index (χ3v) is 3.86. The van der Waals surface area contributed by atoms with Gasteiger partial charge in [-0.1, -0.05) is 30.3 Å². The van der Waals surface area contributed by atoms with Crippen molar-refractivity contribution in [2.24, 2.45) is 0 Å². The Morgan fingerprint density at radius 2 is 1.75 bits per heavy atom. The lowest BCUT2D eigenvalue weighted by atomic mass is 10.1. The van der Waals surface area contributed by atoms with Gasteiger partial charge < -0.3 is 4.74 Å². The zero-order chi connectivity index (χ0) is 20.1. The second-order valence-electron chi connectivity index (χ2n) is 5.67. The van der Waals surface area contributed by atoms with Gasteiger partial charge in [-0.3, -0.25) is 19.9 Å². The standard InChI is InChI=1S/C20H15N3O5/c1-2-28-20(25)18-17(13-6-4-3-5-7-13)21-12-16(22-18)19(24)14-8-10-15(11-9-14)23(26)27/h3-12H,2H2,1H3. The smallest absolute Gasteiger partial charge is 0.359 e. The molecule has 28 heavy (non-hydrogen) atoms. The number of non-ortho nitro benzene ring substituents is 1. The first-order valence-electron chi connectivity index (χ1n) is 8.40. The summed E-state index contributed by atoms with van der Waals surface area (Å²) in [6.45, 7) is 1.81. The van der Waals surface area contributed by atoms with Gasteiger partial charge in [-0.05, 0) is 19.1 Å². The summed E-state index contributed by atoms with van der Waals surface area (Å²) in [7, 11) is 0. The molecule has 8 heteroatoms. The van der Waals surface area contributed by atoms with Crippen LogP contribution in [0.4, 0.5) is 5.69 Å². The van der Waals surface area contributed by atoms with Crippen molar-refractivity contribution in [3.63, 3.8) is 0 Å². The van der Waals surface area contributed by atoms with Crippen molar-refractivity contribution in [3.05, 3.63) is 87.9 Å². The third kappa shape index (κ3) is 3.90. The third-order valence-electron chi connectivity index (χ3n) is 3.86. The van der Waals surface area contributed by atoms with Crippen molar-refractivity contribution in [3.8, 4) is 11.3 Å². The number of ether oxygens (including phenoxy) is 1. The highest BCUT2D eigenvalue weighted by molar-refractivity contribution is 6.08. The molecule has 140 valence electrons. The van der Waals surface area contributed by atoms with Crippen molar-refractivity contribution in [2.45, 2.75) is 6.92 Å². The molecule has 1 heterocycles. The van der Waals surface area contributed by atoms with E-state index in [1.165, 1.54) is 30.5 Å². The highest BCUT2D eigenvalue weighted by atomic mass is 16.6. The summed E-state index contributed by atoms with van der Waals surface area (Å²) in [4.78, 5) is 43.7. The monoisotopic (exact) mass is 377 g/mol. The van der Waals surface area contributed by atoms with E-state index in [4.69, 9.17) is 4.74 Å². The Balaban J connectivity index is 2.02. The summed E-state index contributed by atoms with van der Waals surface area (Å²) in [5, 5.41) is 10.8. The maximum Gasteiger partial charge on any atom is 0.359 e. The van der Waals surface area contributed by atoms with Crippen molar-refractivity contribution < 1.29 is 19.2 Å². The number of carbonyl (C=O) groups excluding carboxylic acids is 2. The number of hydrogen-bond acceptors (Lipinski definition) is 7. The number of hydrogen-bond donors (Lipinski definition) is 0. The molecular weight excluding hydrogens is 362 g/mol. The molecule has 0 bridgehead atoms. The molecule has 0 saturated heterocycles. The molecule has 0 spiro atoms. The average Bonchev–Trinajstić information content (AvgIpc) is 2.73. The molecule has 0 aliphatic rings. The molecule has 0 N–H and O–H groups in total. The fourth-order valence-corrected chi connectivity index (χ4v) is 2.53. The predicted octanol–water partition coefficient (Wildman–Crippen LogP) is 3.46. The molecule has 0 amide bonds. The van der Waals surface area contributed by atoms with Gasteiger partial charge in [-0.2, -0.15) is 0 Å². The fraction of sp³-hybridized carbons (Fsp3) is 0.100. The first kappa shape index (κ1) is 18.8. The summed E-state index contributed by atoms with van der Waals surface area (Å²) >= 11 is 0. The minimum atomic E-state index is -0.688. The normalized spacial score (nSPS) is 10.3. The van der Waals surface area contributed by atoms with Crippen molar-refractivity contribution in [1.29, 1.82) is 0 Å². The number of nitrogens with zero attached hydrogens (tertiary/aromatic N) is 3. The molecule has 2 aromatic carbocycles. The van der Waals surface area contributed by atoms with E-state index in [1.54, 1.807) is 31.2 Å². The van der Waals surface area contributed by atoms with Gasteiger partial charge in [0.05, 0.1) is 17.7 Å². The number of carbonyl (C=O) groups is 2. The summed E-state index contributed by atoms with van der Waals surface area (Å²) in [6, 6.07) is 14.1. The molecule has 0 aliphatic carbocycles. The second-order valence-corrected chi connectivity index (χ2v) is 5.67. The number of esters is 1. The van der Waals surface area contributed by atoms with Crippen LogP contribution in [-0.4, -0.2) is 33.3 Å². The Kier molecular flexibility index (Phi) is 5.50. The lowest BCUT2D eigenvalue weighted by Gasteiger charge is -2.09. The van der Waals surface area contributed by atoms with E-state index in [2.05, 4.69) is 9.97 Å². The lowest BCUT2D eigenvalue weighted by Crippen LogP contribution is -2.14. The van der Waals surface area contributed by atoms with Gasteiger partial charge in [0.15, 0.2) is 5.69 Å². The summed E-state index contributed by atoms with van der Waals surface area (Å²) in [5.74, 6) is -1.19. The van der Waals surface area contributed by atoms with Crippen LogP contribution in [0.15, 0.2) is 60.8 Å². The minimum Gasteiger partial charge on any atom is -0.461 e. The quantitative estimate of drug-likeness (QED) is 0.280. The Morgan fingerprint density at radius 3 is 2.36 bits per heavy atom. The Labute approximate surface area is 160 Å². The Hall–Kier alpha value is -3.94. The van der Waals surface area contributed by atoms with Gasteiger partial charge >= 0.3 is 5.97 Å². The van der Waals surface area contributed by atoms with Gasteiger partial charge in [-0.15, -0.1) is 0 Å². The molecule has 0 atom stereocenters. The first-order valence-corrected chi connectivity index (χ1v) is 8.40. The van der Waals surface area contributed by atoms with E-state index < -0.39 is 16.7 Å². The first-order chi connectivity index (χ1) is 13.5. The summed E-state index contributed by atoms with van der Waals surface area (Å²) in [5.41, 5.74) is 0.903. The number of rotatable bonds is 6. The topological polar surface area (TPSA) is 112 Å². The number of benzene rings is 2. The van der Waals surface area contributed by atoms with Crippen LogP contribution in [-0.2, 0) is 4.74 Å². The average molecular weight is 377 g/mol. The van der Waals surface area contributed by atoms with Crippen LogP contribution in [0.3, 0.4) is 0 Å². The van der Waals surface area contributed by atoms with Crippen LogP contribution in [0.25, 0.3) is 11.3 Å². The maximum absolute atomic E-state index is 12.7. The SMILES string of the molecule is CCOC(=O)c1nc(C(=O)c2ccc([N+](=O)[O-])cc2)cnc1-c1ccccc1. The number of nitro benzene ring substituents is 1. The van der Waals surface area contributed by atoms with Crippen LogP contribution in [0.2, 0.25) is 0 Å². The zero-order valence-electron chi connectivity index (χ0n) is 14.9. The van der Waals surface area contributed by atoms with Crippen molar-refractivity contribution >= 4 is 17.4 Å². The molecule has 3 rings (SSSR count). The molecule has 0 aliphatic heterocycles. The second kappa shape index (κ2) is 8.17. The van der Waals surface area contributed by atoms with Crippen LogP contribution in [0, 0.1) is 10.1 Å². The fourth-order valence-electron chi connectivity index (χ4n) is 2.53. The zero-order valence-corrected chi connectivity index (χ0v) is 14.9. The van der Waals surface area contributed by atoms with Crippen LogP contribution in [0.5, 0.6) is 0 Å².